The normalized spacial score (nSPS) is 13.0. The highest BCUT2D eigenvalue weighted by molar-refractivity contribution is 7.86. The molecule has 0 fully saturated rings. The highest BCUT2D eigenvalue weighted by Crippen LogP contribution is 2.39. The molecular formula is C38H36NO13S3+. The van der Waals surface area contributed by atoms with E-state index in [1.165, 1.54) is 0 Å². The van der Waals surface area contributed by atoms with Crippen LogP contribution in [-0.4, -0.2) is 59.0 Å². The van der Waals surface area contributed by atoms with Gasteiger partial charge in [0, 0.05) is 60.1 Å². The summed E-state index contributed by atoms with van der Waals surface area (Å²) in [5, 5.41) is 45.8. The summed E-state index contributed by atoms with van der Waals surface area (Å²) in [4.78, 5) is -1.14. The maximum atomic E-state index is 12.4. The molecule has 55 heavy (non-hydrogen) atoms. The molecule has 0 amide bonds. The number of benzene rings is 4. The summed E-state index contributed by atoms with van der Waals surface area (Å²) in [7, 11) is -12.7. The first kappa shape index (κ1) is 40.6. The van der Waals surface area contributed by atoms with Gasteiger partial charge in [0.25, 0.3) is 20.2 Å². The number of pyridine rings is 1. The van der Waals surface area contributed by atoms with E-state index in [0.717, 1.165) is 29.8 Å². The fraction of sp³-hybridized carbons (Fsp3) is 0.184. The minimum atomic E-state index is -4.83. The van der Waals surface area contributed by atoms with Crippen molar-refractivity contribution in [2.45, 2.75) is 55.4 Å². The average Bonchev–Trinajstić information content (AvgIpc) is 3.09. The van der Waals surface area contributed by atoms with Gasteiger partial charge in [0.15, 0.2) is 18.4 Å². The van der Waals surface area contributed by atoms with Crippen LogP contribution in [0.5, 0.6) is 23.0 Å². The highest BCUT2D eigenvalue weighted by atomic mass is 32.2. The third-order valence-corrected chi connectivity index (χ3v) is 10.7. The van der Waals surface area contributed by atoms with Crippen molar-refractivity contribution in [1.82, 2.24) is 0 Å². The van der Waals surface area contributed by atoms with E-state index in [2.05, 4.69) is 18.4 Å². The van der Waals surface area contributed by atoms with E-state index in [-0.39, 0.29) is 59.1 Å². The molecule has 1 aliphatic carbocycles. The molecule has 0 spiro atoms. The van der Waals surface area contributed by atoms with Crippen LogP contribution in [-0.2, 0) is 56.5 Å². The van der Waals surface area contributed by atoms with E-state index in [9.17, 15) is 46.4 Å². The van der Waals surface area contributed by atoms with E-state index in [1.807, 2.05) is 36.7 Å². The number of fused-ring (bicyclic) bond motifs is 8. The fourth-order valence-electron chi connectivity index (χ4n) is 6.29. The summed E-state index contributed by atoms with van der Waals surface area (Å²) < 4.78 is 96.7. The van der Waals surface area contributed by atoms with Crippen molar-refractivity contribution in [2.75, 3.05) is 0 Å². The number of nitrogens with zero attached hydrogens (tertiary/aromatic N) is 1. The van der Waals surface area contributed by atoms with Gasteiger partial charge in [-0.15, -0.1) is 12.6 Å². The zero-order valence-electron chi connectivity index (χ0n) is 29.3. The molecule has 288 valence electrons. The van der Waals surface area contributed by atoms with Crippen LogP contribution in [0.4, 0.5) is 0 Å². The number of aromatic nitrogens is 1. The van der Waals surface area contributed by atoms with Gasteiger partial charge in [-0.1, -0.05) is 30.4 Å². The van der Waals surface area contributed by atoms with E-state index in [0.29, 0.717) is 27.8 Å². The number of para-hydroxylation sites is 1. The Labute approximate surface area is 318 Å². The van der Waals surface area contributed by atoms with Crippen LogP contribution in [0.1, 0.15) is 75.5 Å². The largest absolute Gasteiger partial charge is 0.507 e. The van der Waals surface area contributed by atoms with Gasteiger partial charge in [-0.2, -0.15) is 16.8 Å². The smallest absolute Gasteiger partial charge is 0.425 e. The number of aromatic hydroxyl groups is 4. The van der Waals surface area contributed by atoms with Crippen molar-refractivity contribution < 1.29 is 63.6 Å². The van der Waals surface area contributed by atoms with Crippen molar-refractivity contribution in [3.63, 3.8) is 0 Å². The molecule has 8 bridgehead atoms. The second kappa shape index (κ2) is 16.0. The molecule has 14 nitrogen and oxygen atoms in total. The lowest BCUT2D eigenvalue weighted by molar-refractivity contribution is -0.716. The van der Waals surface area contributed by atoms with Gasteiger partial charge in [0.2, 0.25) is 0 Å². The Morgan fingerprint density at radius 2 is 0.855 bits per heavy atom. The minimum absolute atomic E-state index is 0.00592. The molecule has 1 aliphatic rings. The third-order valence-electron chi connectivity index (χ3n) is 9.04. The van der Waals surface area contributed by atoms with Gasteiger partial charge < -0.3 is 20.4 Å². The van der Waals surface area contributed by atoms with E-state index < -0.39 is 58.6 Å². The summed E-state index contributed by atoms with van der Waals surface area (Å²) in [6.45, 7) is 4.14. The van der Waals surface area contributed by atoms with Crippen molar-refractivity contribution in [1.29, 1.82) is 0 Å². The van der Waals surface area contributed by atoms with Gasteiger partial charge in [-0.25, -0.2) is 4.57 Å². The topological polar surface area (TPSA) is 245 Å². The van der Waals surface area contributed by atoms with Crippen molar-refractivity contribution in [3.8, 4) is 23.0 Å². The Hall–Kier alpha value is -5.59. The van der Waals surface area contributed by atoms with Gasteiger partial charge >= 0.3 is 10.6 Å². The molecule has 17 heteroatoms. The van der Waals surface area contributed by atoms with Gasteiger partial charge in [0.05, 0.1) is 9.79 Å². The van der Waals surface area contributed by atoms with Crippen LogP contribution < -0.4 is 4.57 Å². The standard InChI is InChI=1S/C38H35NO10S2.O3S/c1-22(2)39-10-8-23(9-11-39)6-7-24-12-27-14-25-4-3-5-26(35(25)40)15-29-18-33(50(44,45)46)20-31(37(29)42)17-32-21-34(51(47,48)49)19-30(38(32)43)16-28(13-24)36(27)41;1-4(2)3/h3-13,18-22H,14-17H2,1-2H3,(H5,40,42,43,44,45,46,47,48,49);/p+1. The lowest BCUT2D eigenvalue weighted by atomic mass is 9.90. The van der Waals surface area contributed by atoms with Crippen molar-refractivity contribution >= 4 is 43.0 Å². The van der Waals surface area contributed by atoms with Crippen molar-refractivity contribution in [3.05, 3.63) is 135 Å². The molecule has 0 atom stereocenters. The molecule has 1 aromatic heterocycles. The number of phenolic OH excluding ortho intramolecular Hbond substituents is 4. The van der Waals surface area contributed by atoms with Crippen LogP contribution in [0.2, 0.25) is 0 Å². The monoisotopic (exact) mass is 810 g/mol. The number of hydrogen-bond acceptors (Lipinski definition) is 11. The molecule has 6 N–H and O–H groups in total. The number of phenols is 4. The Kier molecular flexibility index (Phi) is 11.8. The Morgan fingerprint density at radius 3 is 1.20 bits per heavy atom. The lowest BCUT2D eigenvalue weighted by Gasteiger charge is -2.18. The predicted octanol–water partition coefficient (Wildman–Crippen LogP) is 4.71. The van der Waals surface area contributed by atoms with Crippen LogP contribution in [0.25, 0.3) is 12.2 Å². The van der Waals surface area contributed by atoms with E-state index in [4.69, 9.17) is 12.6 Å². The molecule has 0 aliphatic heterocycles. The second-order valence-electron chi connectivity index (χ2n) is 13.2. The molecule has 4 aromatic carbocycles. The first-order valence-electron chi connectivity index (χ1n) is 16.5. The zero-order chi connectivity index (χ0) is 40.4. The Morgan fingerprint density at radius 1 is 0.545 bits per heavy atom. The average molecular weight is 811 g/mol. The molecule has 0 saturated carbocycles. The van der Waals surface area contributed by atoms with Gasteiger partial charge in [-0.05, 0) is 83.6 Å². The fourth-order valence-corrected chi connectivity index (χ4v) is 7.46. The van der Waals surface area contributed by atoms with Crippen LogP contribution >= 0.6 is 0 Å². The highest BCUT2D eigenvalue weighted by Gasteiger charge is 2.24. The van der Waals surface area contributed by atoms with Crippen LogP contribution in [0.3, 0.4) is 0 Å². The quantitative estimate of drug-likeness (QED) is 0.102. The summed E-state index contributed by atoms with van der Waals surface area (Å²) in [6.07, 6.45) is 6.88. The first-order chi connectivity index (χ1) is 25.7. The van der Waals surface area contributed by atoms with E-state index >= 15 is 0 Å². The van der Waals surface area contributed by atoms with Gasteiger partial charge in [0.1, 0.15) is 23.0 Å². The summed E-state index contributed by atoms with van der Waals surface area (Å²) in [5.74, 6) is -1.12. The summed E-state index contributed by atoms with van der Waals surface area (Å²) >= 11 is 0. The second-order valence-corrected chi connectivity index (χ2v) is 16.4. The summed E-state index contributed by atoms with van der Waals surface area (Å²) in [6, 6.07) is 16.7. The molecule has 0 unspecified atom stereocenters. The third kappa shape index (κ3) is 9.75. The van der Waals surface area contributed by atoms with Crippen molar-refractivity contribution in [2.24, 2.45) is 0 Å². The first-order valence-corrected chi connectivity index (χ1v) is 20.3. The molecule has 6 rings (SSSR count). The number of hydrogen-bond donors (Lipinski definition) is 6. The zero-order valence-corrected chi connectivity index (χ0v) is 31.7. The maximum absolute atomic E-state index is 12.4. The summed E-state index contributed by atoms with van der Waals surface area (Å²) in [5.41, 5.74) is 2.84. The molecule has 5 aromatic rings. The molecule has 0 radical (unpaired) electrons. The minimum Gasteiger partial charge on any atom is -0.507 e. The van der Waals surface area contributed by atoms with Crippen LogP contribution in [0, 0.1) is 0 Å². The maximum Gasteiger partial charge on any atom is 0.425 e. The number of rotatable bonds is 5. The van der Waals surface area contributed by atoms with Gasteiger partial charge in [-0.3, -0.25) is 9.11 Å². The Balaban J connectivity index is 0.00000138. The Bertz CT molecular complexity index is 2670. The SMILES string of the molecule is CC(C)[n+]1ccc(/C=C/c2cc3c(O)c(c2)Cc2cc(S(=O)(=O)O)cc(c2O)Cc2cc(S(=O)(=O)O)cc(c2O)Cc2cccc(c2O)C3)cc1.O=S(=O)=O. The molecule has 0 saturated heterocycles. The van der Waals surface area contributed by atoms with Crippen LogP contribution in [0.15, 0.2) is 88.9 Å². The lowest BCUT2D eigenvalue weighted by Crippen LogP contribution is -2.34. The molecular weight excluding hydrogens is 775 g/mol. The predicted molar refractivity (Wildman–Crippen MR) is 199 cm³/mol. The van der Waals surface area contributed by atoms with E-state index in [1.54, 1.807) is 30.3 Å². The molecule has 1 heterocycles.